The summed E-state index contributed by atoms with van der Waals surface area (Å²) in [6, 6.07) is 3.77. The van der Waals surface area contributed by atoms with E-state index >= 15 is 0 Å². The van der Waals surface area contributed by atoms with Crippen molar-refractivity contribution in [2.24, 2.45) is 0 Å². The van der Waals surface area contributed by atoms with E-state index < -0.39 is 5.24 Å². The van der Waals surface area contributed by atoms with Crippen LogP contribution in [0.5, 0.6) is 5.75 Å². The zero-order valence-corrected chi connectivity index (χ0v) is 12.0. The molecule has 0 radical (unpaired) electrons. The molecule has 2 aromatic rings. The van der Waals surface area contributed by atoms with E-state index in [-0.39, 0.29) is 0 Å². The lowest BCUT2D eigenvalue weighted by molar-refractivity contribution is 0.108. The molecule has 2 rings (SSSR count). The average Bonchev–Trinajstić information content (AvgIpc) is 2.70. The molecule has 0 saturated heterocycles. The lowest BCUT2D eigenvalue weighted by Crippen LogP contribution is -1.97. The number of hydrogen-bond donors (Lipinski definition) is 0. The monoisotopic (exact) mass is 279 g/mol. The fraction of sp³-hybridized carbons (Fsp3) is 0.286. The minimum atomic E-state index is -0.566. The third-order valence-corrected chi connectivity index (χ3v) is 3.23. The highest BCUT2D eigenvalue weighted by atomic mass is 35.5. The van der Waals surface area contributed by atoms with Gasteiger partial charge in [0, 0.05) is 5.56 Å². The summed E-state index contributed by atoms with van der Waals surface area (Å²) >= 11 is 5.60. The van der Waals surface area contributed by atoms with E-state index in [1.807, 2.05) is 26.0 Å². The van der Waals surface area contributed by atoms with Gasteiger partial charge in [-0.1, -0.05) is 5.16 Å². The highest BCUT2D eigenvalue weighted by Crippen LogP contribution is 2.34. The summed E-state index contributed by atoms with van der Waals surface area (Å²) in [5.41, 5.74) is 3.54. The van der Waals surface area contributed by atoms with Crippen LogP contribution in [0.3, 0.4) is 0 Å². The number of carbonyl (C=O) groups excluding carboxylic acids is 1. The Balaban J connectivity index is 2.69. The molecule has 0 amide bonds. The van der Waals surface area contributed by atoms with Gasteiger partial charge < -0.3 is 9.26 Å². The Hall–Kier alpha value is -1.81. The predicted molar refractivity (Wildman–Crippen MR) is 72.9 cm³/mol. The van der Waals surface area contributed by atoms with Gasteiger partial charge in [0.2, 0.25) is 0 Å². The maximum Gasteiger partial charge on any atom is 0.258 e. The molecule has 1 aromatic heterocycles. The van der Waals surface area contributed by atoms with Gasteiger partial charge in [-0.3, -0.25) is 4.79 Å². The lowest BCUT2D eigenvalue weighted by atomic mass is 9.97. The molecule has 1 aromatic carbocycles. The third-order valence-electron chi connectivity index (χ3n) is 3.04. The fourth-order valence-electron chi connectivity index (χ4n) is 2.19. The summed E-state index contributed by atoms with van der Waals surface area (Å²) in [6.45, 7) is 5.52. The molecule has 0 unspecified atom stereocenters. The Kier molecular flexibility index (Phi) is 3.62. The van der Waals surface area contributed by atoms with E-state index in [1.54, 1.807) is 14.0 Å². The number of aromatic nitrogens is 1. The summed E-state index contributed by atoms with van der Waals surface area (Å²) in [5, 5.41) is 3.40. The Labute approximate surface area is 116 Å². The zero-order chi connectivity index (χ0) is 14.2. The molecule has 0 bridgehead atoms. The van der Waals surface area contributed by atoms with Crippen molar-refractivity contribution in [2.75, 3.05) is 7.11 Å². The van der Waals surface area contributed by atoms with Gasteiger partial charge in [0.05, 0.1) is 7.11 Å². The Bertz CT molecular complexity index is 623. The molecule has 100 valence electrons. The maximum absolute atomic E-state index is 11.5. The summed E-state index contributed by atoms with van der Waals surface area (Å²) in [6.07, 6.45) is 0. The standard InChI is InChI=1S/C14H14ClNO3/c1-7-5-10(18-4)6-8(2)11(7)13-12(14(15)17)9(3)19-16-13/h5-6H,1-4H3. The number of halogens is 1. The van der Waals surface area contributed by atoms with Crippen LogP contribution in [0, 0.1) is 20.8 Å². The van der Waals surface area contributed by atoms with Gasteiger partial charge in [-0.25, -0.2) is 0 Å². The number of methoxy groups -OCH3 is 1. The van der Waals surface area contributed by atoms with Crippen molar-refractivity contribution in [1.29, 1.82) is 0 Å². The van der Waals surface area contributed by atoms with Crippen molar-refractivity contribution in [1.82, 2.24) is 5.16 Å². The minimum absolute atomic E-state index is 0.318. The number of nitrogens with zero attached hydrogens (tertiary/aromatic N) is 1. The molecule has 4 nitrogen and oxygen atoms in total. The molecule has 0 N–H and O–H groups in total. The smallest absolute Gasteiger partial charge is 0.258 e. The van der Waals surface area contributed by atoms with E-state index in [1.165, 1.54) is 0 Å². The maximum atomic E-state index is 11.5. The number of rotatable bonds is 3. The molecule has 5 heteroatoms. The molecular formula is C14H14ClNO3. The first-order valence-electron chi connectivity index (χ1n) is 5.77. The Morgan fingerprint density at radius 1 is 1.26 bits per heavy atom. The summed E-state index contributed by atoms with van der Waals surface area (Å²) in [4.78, 5) is 11.5. The van der Waals surface area contributed by atoms with E-state index in [0.717, 1.165) is 22.4 Å². The van der Waals surface area contributed by atoms with Crippen LogP contribution < -0.4 is 4.74 Å². The second kappa shape index (κ2) is 5.05. The van der Waals surface area contributed by atoms with E-state index in [2.05, 4.69) is 5.16 Å². The van der Waals surface area contributed by atoms with Crippen LogP contribution in [0.2, 0.25) is 0 Å². The molecule has 0 spiro atoms. The number of benzene rings is 1. The number of aryl methyl sites for hydroxylation is 3. The topological polar surface area (TPSA) is 52.3 Å². The third kappa shape index (κ3) is 2.36. The quantitative estimate of drug-likeness (QED) is 0.805. The first kappa shape index (κ1) is 13.6. The van der Waals surface area contributed by atoms with Crippen molar-refractivity contribution in [3.63, 3.8) is 0 Å². The molecular weight excluding hydrogens is 266 g/mol. The zero-order valence-electron chi connectivity index (χ0n) is 11.2. The molecule has 0 atom stereocenters. The normalized spacial score (nSPS) is 10.6. The Morgan fingerprint density at radius 3 is 2.32 bits per heavy atom. The molecule has 0 saturated carbocycles. The van der Waals surface area contributed by atoms with Crippen LogP contribution in [0.25, 0.3) is 11.3 Å². The molecule has 0 aliphatic heterocycles. The van der Waals surface area contributed by atoms with Gasteiger partial charge in [0.15, 0.2) is 0 Å². The summed E-state index contributed by atoms with van der Waals surface area (Å²) in [7, 11) is 1.61. The van der Waals surface area contributed by atoms with Crippen LogP contribution in [0.15, 0.2) is 16.7 Å². The lowest BCUT2D eigenvalue weighted by Gasteiger charge is -2.10. The van der Waals surface area contributed by atoms with Crippen molar-refractivity contribution in [3.05, 3.63) is 34.6 Å². The van der Waals surface area contributed by atoms with Gasteiger partial charge in [-0.15, -0.1) is 0 Å². The van der Waals surface area contributed by atoms with Gasteiger partial charge in [0.25, 0.3) is 5.24 Å². The van der Waals surface area contributed by atoms with Crippen LogP contribution in [0.1, 0.15) is 27.2 Å². The molecule has 1 heterocycles. The van der Waals surface area contributed by atoms with E-state index in [9.17, 15) is 4.79 Å². The van der Waals surface area contributed by atoms with Crippen LogP contribution in [-0.4, -0.2) is 17.5 Å². The molecule has 0 aliphatic rings. The summed E-state index contributed by atoms with van der Waals surface area (Å²) < 4.78 is 10.3. The van der Waals surface area contributed by atoms with Gasteiger partial charge in [0.1, 0.15) is 22.8 Å². The average molecular weight is 280 g/mol. The van der Waals surface area contributed by atoms with Gasteiger partial charge in [-0.05, 0) is 55.6 Å². The van der Waals surface area contributed by atoms with Crippen molar-refractivity contribution in [2.45, 2.75) is 20.8 Å². The summed E-state index contributed by atoms with van der Waals surface area (Å²) in [5.74, 6) is 1.18. The fourth-order valence-corrected chi connectivity index (χ4v) is 2.41. The second-order valence-electron chi connectivity index (χ2n) is 4.37. The predicted octanol–water partition coefficient (Wildman–Crippen LogP) is 3.65. The number of hydrogen-bond acceptors (Lipinski definition) is 4. The Morgan fingerprint density at radius 2 is 1.84 bits per heavy atom. The van der Waals surface area contributed by atoms with Gasteiger partial charge >= 0.3 is 0 Å². The molecule has 0 fully saturated rings. The van der Waals surface area contributed by atoms with Crippen molar-refractivity contribution < 1.29 is 14.1 Å². The van der Waals surface area contributed by atoms with Gasteiger partial charge in [-0.2, -0.15) is 0 Å². The van der Waals surface area contributed by atoms with Crippen LogP contribution >= 0.6 is 11.6 Å². The van der Waals surface area contributed by atoms with Crippen LogP contribution in [-0.2, 0) is 0 Å². The number of ether oxygens (including phenoxy) is 1. The highest BCUT2D eigenvalue weighted by Gasteiger charge is 2.22. The second-order valence-corrected chi connectivity index (χ2v) is 4.72. The van der Waals surface area contributed by atoms with Crippen LogP contribution in [0.4, 0.5) is 0 Å². The minimum Gasteiger partial charge on any atom is -0.497 e. The molecule has 19 heavy (non-hydrogen) atoms. The first-order valence-corrected chi connectivity index (χ1v) is 6.15. The van der Waals surface area contributed by atoms with Crippen molar-refractivity contribution in [3.8, 4) is 17.0 Å². The largest absolute Gasteiger partial charge is 0.497 e. The van der Waals surface area contributed by atoms with E-state index in [4.69, 9.17) is 20.9 Å². The highest BCUT2D eigenvalue weighted by molar-refractivity contribution is 6.68. The van der Waals surface area contributed by atoms with E-state index in [0.29, 0.717) is 17.0 Å². The SMILES string of the molecule is COc1cc(C)c(-c2noc(C)c2C(=O)Cl)c(C)c1. The molecule has 0 aliphatic carbocycles. The van der Waals surface area contributed by atoms with Crippen molar-refractivity contribution >= 4 is 16.8 Å². The first-order chi connectivity index (χ1) is 8.95. The number of carbonyl (C=O) groups is 1.